The van der Waals surface area contributed by atoms with E-state index in [2.05, 4.69) is 26.0 Å². The molecule has 0 saturated carbocycles. The highest BCUT2D eigenvalue weighted by molar-refractivity contribution is 5.88. The van der Waals surface area contributed by atoms with Gasteiger partial charge in [-0.05, 0) is 60.1 Å². The molecule has 0 radical (unpaired) electrons. The maximum absolute atomic E-state index is 11.9. The van der Waals surface area contributed by atoms with Crippen LogP contribution in [0.3, 0.4) is 0 Å². The summed E-state index contributed by atoms with van der Waals surface area (Å²) in [6.07, 6.45) is 34.8. The predicted octanol–water partition coefficient (Wildman–Crippen LogP) is 11.0. The van der Waals surface area contributed by atoms with Gasteiger partial charge in [-0.25, -0.2) is 9.59 Å². The molecule has 42 heavy (non-hydrogen) atoms. The maximum Gasteiger partial charge on any atom is 0.330 e. The van der Waals surface area contributed by atoms with Crippen molar-refractivity contribution in [1.29, 1.82) is 0 Å². The molecule has 0 bridgehead atoms. The zero-order chi connectivity index (χ0) is 30.7. The lowest BCUT2D eigenvalue weighted by atomic mass is 9.91. The molecule has 0 unspecified atom stereocenters. The van der Waals surface area contributed by atoms with Gasteiger partial charge in [-0.2, -0.15) is 0 Å². The number of carbonyl (C=O) groups is 2. The van der Waals surface area contributed by atoms with Gasteiger partial charge in [0.15, 0.2) is 0 Å². The van der Waals surface area contributed by atoms with Crippen LogP contribution in [0.5, 0.6) is 0 Å². The third kappa shape index (κ3) is 18.9. The Kier molecular flexibility index (Phi) is 23.6. The van der Waals surface area contributed by atoms with E-state index in [0.717, 1.165) is 36.8 Å². The van der Waals surface area contributed by atoms with E-state index in [1.165, 1.54) is 153 Å². The topological polar surface area (TPSA) is 52.6 Å². The number of ether oxygens (including phenoxy) is 2. The number of methoxy groups -OCH3 is 2. The van der Waals surface area contributed by atoms with Crippen LogP contribution in [-0.2, 0) is 31.9 Å². The highest BCUT2D eigenvalue weighted by Gasteiger charge is 2.09. The fourth-order valence-electron chi connectivity index (χ4n) is 5.53. The molecule has 0 saturated heterocycles. The Labute approximate surface area is 258 Å². The standard InChI is InChI=1S/C38H62O4/c1-5-7-9-11-13-15-17-19-21-23-25-33-31-36(28-30-38(40)42-4)34(32-35(33)27-29-37(39)41-3)26-24-22-20-18-16-14-12-10-8-6-2/h27-32H,5-26H2,1-4H3. The summed E-state index contributed by atoms with van der Waals surface area (Å²) in [4.78, 5) is 23.8. The van der Waals surface area contributed by atoms with Crippen molar-refractivity contribution in [3.8, 4) is 0 Å². The molecule has 0 heterocycles. The summed E-state index contributed by atoms with van der Waals surface area (Å²) in [5, 5.41) is 0. The molecule has 4 nitrogen and oxygen atoms in total. The van der Waals surface area contributed by atoms with E-state index < -0.39 is 0 Å². The summed E-state index contributed by atoms with van der Waals surface area (Å²) in [6.45, 7) is 4.53. The second kappa shape index (κ2) is 26.3. The smallest absolute Gasteiger partial charge is 0.330 e. The lowest BCUT2D eigenvalue weighted by Crippen LogP contribution is -2.00. The number of hydrogen-bond donors (Lipinski definition) is 0. The number of esters is 2. The van der Waals surface area contributed by atoms with Gasteiger partial charge in [0.05, 0.1) is 14.2 Å². The van der Waals surface area contributed by atoms with Crippen LogP contribution in [0.25, 0.3) is 12.2 Å². The van der Waals surface area contributed by atoms with Crippen LogP contribution in [0.4, 0.5) is 0 Å². The molecule has 0 atom stereocenters. The van der Waals surface area contributed by atoms with E-state index in [4.69, 9.17) is 9.47 Å². The van der Waals surface area contributed by atoms with Crippen molar-refractivity contribution in [3.05, 3.63) is 46.5 Å². The van der Waals surface area contributed by atoms with Crippen molar-refractivity contribution in [1.82, 2.24) is 0 Å². The van der Waals surface area contributed by atoms with Crippen LogP contribution in [0, 0.1) is 0 Å². The third-order valence-corrected chi connectivity index (χ3v) is 8.20. The summed E-state index contributed by atoms with van der Waals surface area (Å²) in [7, 11) is 2.82. The molecule has 0 fully saturated rings. The molecule has 0 N–H and O–H groups in total. The van der Waals surface area contributed by atoms with Crippen molar-refractivity contribution in [2.24, 2.45) is 0 Å². The van der Waals surface area contributed by atoms with Crippen molar-refractivity contribution in [2.75, 3.05) is 14.2 Å². The molecule has 0 aliphatic carbocycles. The Morgan fingerprint density at radius 1 is 0.500 bits per heavy atom. The minimum Gasteiger partial charge on any atom is -0.466 e. The maximum atomic E-state index is 11.9. The Morgan fingerprint density at radius 2 is 0.786 bits per heavy atom. The predicted molar refractivity (Wildman–Crippen MR) is 180 cm³/mol. The van der Waals surface area contributed by atoms with E-state index in [0.29, 0.717) is 0 Å². The van der Waals surface area contributed by atoms with Crippen LogP contribution >= 0.6 is 0 Å². The Balaban J connectivity index is 2.82. The van der Waals surface area contributed by atoms with Crippen LogP contribution in [0.2, 0.25) is 0 Å². The van der Waals surface area contributed by atoms with Gasteiger partial charge in [0.25, 0.3) is 0 Å². The summed E-state index contributed by atoms with van der Waals surface area (Å²) in [6, 6.07) is 4.44. The van der Waals surface area contributed by atoms with Crippen molar-refractivity contribution in [3.63, 3.8) is 0 Å². The van der Waals surface area contributed by atoms with Crippen molar-refractivity contribution >= 4 is 24.1 Å². The molecular formula is C38H62O4. The average molecular weight is 583 g/mol. The molecule has 0 spiro atoms. The first-order valence-electron chi connectivity index (χ1n) is 17.2. The lowest BCUT2D eigenvalue weighted by molar-refractivity contribution is -0.135. The minimum atomic E-state index is -0.342. The summed E-state index contributed by atoms with van der Waals surface area (Å²) in [5.74, 6) is -0.684. The van der Waals surface area contributed by atoms with Crippen LogP contribution in [0.15, 0.2) is 24.3 Å². The molecule has 0 aliphatic heterocycles. The first-order chi connectivity index (χ1) is 20.5. The van der Waals surface area contributed by atoms with Gasteiger partial charge in [-0.15, -0.1) is 0 Å². The van der Waals surface area contributed by atoms with Gasteiger partial charge in [0.2, 0.25) is 0 Å². The third-order valence-electron chi connectivity index (χ3n) is 8.20. The Morgan fingerprint density at radius 3 is 1.07 bits per heavy atom. The van der Waals surface area contributed by atoms with E-state index in [-0.39, 0.29) is 11.9 Å². The number of hydrogen-bond acceptors (Lipinski definition) is 4. The average Bonchev–Trinajstić information content (AvgIpc) is 3.01. The van der Waals surface area contributed by atoms with Gasteiger partial charge in [0, 0.05) is 12.2 Å². The number of benzene rings is 1. The monoisotopic (exact) mass is 582 g/mol. The highest BCUT2D eigenvalue weighted by Crippen LogP contribution is 2.25. The number of unbranched alkanes of at least 4 members (excludes halogenated alkanes) is 18. The fourth-order valence-corrected chi connectivity index (χ4v) is 5.53. The molecule has 1 rings (SSSR count). The fraction of sp³-hybridized carbons (Fsp3) is 0.684. The van der Waals surface area contributed by atoms with Crippen molar-refractivity contribution < 1.29 is 19.1 Å². The molecule has 4 heteroatoms. The number of rotatable bonds is 26. The van der Waals surface area contributed by atoms with Gasteiger partial charge >= 0.3 is 11.9 Å². The van der Waals surface area contributed by atoms with Crippen LogP contribution in [-0.4, -0.2) is 26.2 Å². The molecule has 0 aromatic heterocycles. The van der Waals surface area contributed by atoms with E-state index in [1.807, 2.05) is 12.2 Å². The highest BCUT2D eigenvalue weighted by atomic mass is 16.5. The second-order valence-electron chi connectivity index (χ2n) is 11.8. The lowest BCUT2D eigenvalue weighted by Gasteiger charge is -2.14. The van der Waals surface area contributed by atoms with E-state index in [1.54, 1.807) is 0 Å². The molecule has 0 amide bonds. The summed E-state index contributed by atoms with van der Waals surface area (Å²) < 4.78 is 9.72. The SMILES string of the molecule is CCCCCCCCCCCCc1cc(C=CC(=O)OC)c(CCCCCCCCCCCC)cc1C=CC(=O)OC. The first kappa shape index (κ1) is 37.7. The Hall–Kier alpha value is -2.36. The molecule has 1 aromatic rings. The number of carbonyl (C=O) groups excluding carboxylic acids is 2. The summed E-state index contributed by atoms with van der Waals surface area (Å²) in [5.41, 5.74) is 4.58. The molecule has 1 aromatic carbocycles. The van der Waals surface area contributed by atoms with Crippen molar-refractivity contribution in [2.45, 2.75) is 155 Å². The van der Waals surface area contributed by atoms with Gasteiger partial charge in [-0.3, -0.25) is 0 Å². The normalized spacial score (nSPS) is 11.5. The molecule has 0 aliphatic rings. The van der Waals surface area contributed by atoms with Gasteiger partial charge in [0.1, 0.15) is 0 Å². The largest absolute Gasteiger partial charge is 0.466 e. The first-order valence-corrected chi connectivity index (χ1v) is 17.2. The quantitative estimate of drug-likeness (QED) is 0.0619. The van der Waals surface area contributed by atoms with Gasteiger partial charge < -0.3 is 9.47 Å². The summed E-state index contributed by atoms with van der Waals surface area (Å²) >= 11 is 0. The molecular weight excluding hydrogens is 520 g/mol. The zero-order valence-electron chi connectivity index (χ0n) is 27.7. The van der Waals surface area contributed by atoms with Crippen LogP contribution in [0.1, 0.15) is 165 Å². The van der Waals surface area contributed by atoms with E-state index >= 15 is 0 Å². The van der Waals surface area contributed by atoms with E-state index in [9.17, 15) is 9.59 Å². The van der Waals surface area contributed by atoms with Gasteiger partial charge in [-0.1, -0.05) is 142 Å². The minimum absolute atomic E-state index is 0.342. The zero-order valence-corrected chi connectivity index (χ0v) is 27.7. The molecule has 238 valence electrons. The second-order valence-corrected chi connectivity index (χ2v) is 11.8. The Bertz CT molecular complexity index is 825. The van der Waals surface area contributed by atoms with Crippen LogP contribution < -0.4 is 0 Å². The number of aryl methyl sites for hydroxylation is 2.